The van der Waals surface area contributed by atoms with Crippen molar-refractivity contribution >= 4 is 29.7 Å². The Labute approximate surface area is 169 Å². The van der Waals surface area contributed by atoms with E-state index in [1.807, 2.05) is 60.7 Å². The normalized spacial score (nSPS) is 14.3. The van der Waals surface area contributed by atoms with E-state index >= 15 is 0 Å². The first kappa shape index (κ1) is 20.0. The first-order valence-electron chi connectivity index (χ1n) is 9.16. The summed E-state index contributed by atoms with van der Waals surface area (Å²) in [6.45, 7) is 3.19. The van der Waals surface area contributed by atoms with Gasteiger partial charge in [-0.05, 0) is 37.1 Å². The lowest BCUT2D eigenvalue weighted by Gasteiger charge is -2.06. The van der Waals surface area contributed by atoms with Crippen molar-refractivity contribution in [2.24, 2.45) is 0 Å². The van der Waals surface area contributed by atoms with E-state index in [-0.39, 0.29) is 11.3 Å². The zero-order valence-corrected chi connectivity index (χ0v) is 16.2. The number of esters is 1. The van der Waals surface area contributed by atoms with E-state index < -0.39 is 17.5 Å². The van der Waals surface area contributed by atoms with Crippen LogP contribution in [0.2, 0.25) is 0 Å². The quantitative estimate of drug-likeness (QED) is 0.324. The van der Waals surface area contributed by atoms with Crippen LogP contribution < -0.4 is 0 Å². The predicted molar refractivity (Wildman–Crippen MR) is 112 cm³/mol. The predicted octanol–water partition coefficient (Wildman–Crippen LogP) is 4.70. The van der Waals surface area contributed by atoms with Crippen LogP contribution in [0.3, 0.4) is 0 Å². The minimum absolute atomic E-state index is 0.0530. The fourth-order valence-corrected chi connectivity index (χ4v) is 2.82. The molecule has 0 atom stereocenters. The smallest absolute Gasteiger partial charge is 0.336 e. The summed E-state index contributed by atoms with van der Waals surface area (Å²) in [6.07, 6.45) is 6.06. The van der Waals surface area contributed by atoms with Gasteiger partial charge in [0.05, 0.1) is 0 Å². The molecule has 0 aliphatic heterocycles. The lowest BCUT2D eigenvalue weighted by molar-refractivity contribution is -0.133. The van der Waals surface area contributed by atoms with E-state index in [2.05, 4.69) is 0 Å². The van der Waals surface area contributed by atoms with Gasteiger partial charge in [-0.3, -0.25) is 9.59 Å². The molecule has 1 aliphatic rings. The van der Waals surface area contributed by atoms with E-state index in [0.29, 0.717) is 11.1 Å². The van der Waals surface area contributed by atoms with Gasteiger partial charge in [-0.25, -0.2) is 4.79 Å². The van der Waals surface area contributed by atoms with Crippen molar-refractivity contribution < 1.29 is 19.1 Å². The maximum atomic E-state index is 12.6. The molecule has 0 amide bonds. The highest BCUT2D eigenvalue weighted by Gasteiger charge is 2.34. The zero-order chi connectivity index (χ0) is 20.8. The molecular formula is C25H20O4. The number of carbonyl (C=O) groups is 3. The second-order valence-corrected chi connectivity index (χ2v) is 6.56. The van der Waals surface area contributed by atoms with Crippen LogP contribution in [-0.4, -0.2) is 17.5 Å². The van der Waals surface area contributed by atoms with Gasteiger partial charge < -0.3 is 4.74 Å². The van der Waals surface area contributed by atoms with Gasteiger partial charge in [0.25, 0.3) is 0 Å². The zero-order valence-electron chi connectivity index (χ0n) is 16.2. The van der Waals surface area contributed by atoms with Crippen molar-refractivity contribution in [1.82, 2.24) is 0 Å². The summed E-state index contributed by atoms with van der Waals surface area (Å²) in [4.78, 5) is 37.5. The highest BCUT2D eigenvalue weighted by molar-refractivity contribution is 6.38. The van der Waals surface area contributed by atoms with Crippen molar-refractivity contribution in [1.29, 1.82) is 0 Å². The van der Waals surface area contributed by atoms with E-state index in [4.69, 9.17) is 4.74 Å². The number of allylic oxidation sites excluding steroid dienone is 4. The average molecular weight is 384 g/mol. The number of carbonyl (C=O) groups excluding carboxylic acids is 3. The first-order valence-corrected chi connectivity index (χ1v) is 9.16. The second kappa shape index (κ2) is 8.93. The Balaban J connectivity index is 1.92. The van der Waals surface area contributed by atoms with Gasteiger partial charge in [0, 0.05) is 17.2 Å². The van der Waals surface area contributed by atoms with Gasteiger partial charge in [-0.2, -0.15) is 0 Å². The Morgan fingerprint density at radius 2 is 1.17 bits per heavy atom. The molecule has 0 radical (unpaired) electrons. The molecule has 0 unspecified atom stereocenters. The third-order valence-corrected chi connectivity index (χ3v) is 4.59. The minimum Gasteiger partial charge on any atom is -0.422 e. The standard InChI is InChI=1S/C25H20O4/c1-17-18(2)25(28)23(24(17)27)21(15-13-19-9-5-3-6-10-19)29-22(26)16-14-20-11-7-4-8-12-20/h3-16H,1-2H3/b15-13+,16-14+. The fraction of sp³-hybridized carbons (Fsp3) is 0.0800. The third-order valence-electron chi connectivity index (χ3n) is 4.59. The van der Waals surface area contributed by atoms with Crippen LogP contribution >= 0.6 is 0 Å². The fourth-order valence-electron chi connectivity index (χ4n) is 2.82. The molecule has 0 saturated heterocycles. The summed E-state index contributed by atoms with van der Waals surface area (Å²) in [5.41, 5.74) is 2.30. The van der Waals surface area contributed by atoms with Crippen LogP contribution in [0.1, 0.15) is 25.0 Å². The van der Waals surface area contributed by atoms with Crippen molar-refractivity contribution in [3.63, 3.8) is 0 Å². The van der Waals surface area contributed by atoms with Gasteiger partial charge in [0.2, 0.25) is 0 Å². The van der Waals surface area contributed by atoms with Crippen molar-refractivity contribution in [2.45, 2.75) is 13.8 Å². The topological polar surface area (TPSA) is 60.4 Å². The number of hydrogen-bond donors (Lipinski definition) is 0. The van der Waals surface area contributed by atoms with E-state index in [1.54, 1.807) is 26.0 Å². The number of benzene rings is 2. The van der Waals surface area contributed by atoms with Gasteiger partial charge in [0.1, 0.15) is 11.3 Å². The summed E-state index contributed by atoms with van der Waals surface area (Å²) in [6, 6.07) is 18.6. The Morgan fingerprint density at radius 3 is 1.66 bits per heavy atom. The van der Waals surface area contributed by atoms with Crippen LogP contribution in [0.4, 0.5) is 0 Å². The number of rotatable bonds is 5. The van der Waals surface area contributed by atoms with Crippen LogP contribution in [0.25, 0.3) is 12.2 Å². The SMILES string of the molecule is CC1=C(C)C(=O)C(=C(/C=C/c2ccccc2)OC(=O)/C=C/c2ccccc2)C1=O. The van der Waals surface area contributed by atoms with E-state index in [9.17, 15) is 14.4 Å². The Morgan fingerprint density at radius 1 is 0.724 bits per heavy atom. The molecule has 0 N–H and O–H groups in total. The van der Waals surface area contributed by atoms with Crippen molar-refractivity contribution in [3.05, 3.63) is 106 Å². The van der Waals surface area contributed by atoms with Crippen molar-refractivity contribution in [3.8, 4) is 0 Å². The molecule has 3 rings (SSSR count). The number of ether oxygens (including phenoxy) is 1. The summed E-state index contributed by atoms with van der Waals surface area (Å²) >= 11 is 0. The highest BCUT2D eigenvalue weighted by Crippen LogP contribution is 2.28. The Kier molecular flexibility index (Phi) is 6.15. The largest absolute Gasteiger partial charge is 0.422 e. The molecule has 0 saturated carbocycles. The lowest BCUT2D eigenvalue weighted by atomic mass is 10.1. The van der Waals surface area contributed by atoms with Gasteiger partial charge in [0.15, 0.2) is 11.6 Å². The molecule has 144 valence electrons. The van der Waals surface area contributed by atoms with Gasteiger partial charge >= 0.3 is 5.97 Å². The minimum atomic E-state index is -0.670. The molecule has 0 spiro atoms. The van der Waals surface area contributed by atoms with Crippen molar-refractivity contribution in [2.75, 3.05) is 0 Å². The van der Waals surface area contributed by atoms with E-state index in [0.717, 1.165) is 11.1 Å². The molecule has 2 aromatic carbocycles. The molecular weight excluding hydrogens is 364 g/mol. The molecule has 2 aromatic rings. The molecule has 4 heteroatoms. The lowest BCUT2D eigenvalue weighted by Crippen LogP contribution is -2.11. The number of ketones is 2. The third kappa shape index (κ3) is 4.74. The van der Waals surface area contributed by atoms with Gasteiger partial charge in [-0.1, -0.05) is 66.7 Å². The molecule has 0 fully saturated rings. The highest BCUT2D eigenvalue weighted by atomic mass is 16.5. The van der Waals surface area contributed by atoms with Crippen LogP contribution in [0, 0.1) is 0 Å². The molecule has 1 aliphatic carbocycles. The van der Waals surface area contributed by atoms with Crippen LogP contribution in [-0.2, 0) is 19.1 Å². The Bertz CT molecular complexity index is 1040. The Hall–Kier alpha value is -3.79. The summed E-state index contributed by atoms with van der Waals surface area (Å²) < 4.78 is 5.41. The summed E-state index contributed by atoms with van der Waals surface area (Å²) in [5, 5.41) is 0. The maximum Gasteiger partial charge on any atom is 0.336 e. The summed E-state index contributed by atoms with van der Waals surface area (Å²) in [7, 11) is 0. The van der Waals surface area contributed by atoms with Gasteiger partial charge in [-0.15, -0.1) is 0 Å². The first-order chi connectivity index (χ1) is 14.0. The van der Waals surface area contributed by atoms with E-state index in [1.165, 1.54) is 12.2 Å². The second-order valence-electron chi connectivity index (χ2n) is 6.56. The molecule has 4 nitrogen and oxygen atoms in total. The molecule has 0 aromatic heterocycles. The average Bonchev–Trinajstić information content (AvgIpc) is 2.94. The monoisotopic (exact) mass is 384 g/mol. The summed E-state index contributed by atoms with van der Waals surface area (Å²) in [5.74, 6) is -1.56. The van der Waals surface area contributed by atoms with Crippen LogP contribution in [0.15, 0.2) is 95.3 Å². The molecule has 0 heterocycles. The maximum absolute atomic E-state index is 12.6. The number of hydrogen-bond acceptors (Lipinski definition) is 4. The molecule has 29 heavy (non-hydrogen) atoms. The number of Topliss-reactive ketones (excluding diaryl/α,β-unsaturated/α-hetero) is 2. The molecule has 0 bridgehead atoms. The van der Waals surface area contributed by atoms with Crippen LogP contribution in [0.5, 0.6) is 0 Å².